The Hall–Kier alpha value is -2.78. The average molecular weight is 474 g/mol. The van der Waals surface area contributed by atoms with Crippen LogP contribution >= 0.6 is 0 Å². The first-order chi connectivity index (χ1) is 15.6. The fourth-order valence-electron chi connectivity index (χ4n) is 4.69. The number of carbonyl (C=O) groups is 2. The van der Waals surface area contributed by atoms with Crippen molar-refractivity contribution in [3.05, 3.63) is 53.3 Å². The van der Waals surface area contributed by atoms with E-state index in [1.807, 2.05) is 6.92 Å². The van der Waals surface area contributed by atoms with E-state index in [1.54, 1.807) is 36.1 Å². The second kappa shape index (κ2) is 8.87. The highest BCUT2D eigenvalue weighted by Crippen LogP contribution is 2.35. The van der Waals surface area contributed by atoms with Crippen LogP contribution in [0.3, 0.4) is 0 Å². The second-order valence-corrected chi connectivity index (χ2v) is 10.8. The van der Waals surface area contributed by atoms with Crippen molar-refractivity contribution in [2.24, 2.45) is 5.92 Å². The number of halogens is 1. The number of nitrogens with zero attached hydrogens (tertiary/aromatic N) is 2. The van der Waals surface area contributed by atoms with Crippen molar-refractivity contribution >= 4 is 33.2 Å². The van der Waals surface area contributed by atoms with Crippen LogP contribution in [0, 0.1) is 18.7 Å². The second-order valence-electron chi connectivity index (χ2n) is 8.89. The Morgan fingerprint density at radius 3 is 2.61 bits per heavy atom. The summed E-state index contributed by atoms with van der Waals surface area (Å²) in [5.41, 5.74) is 2.41. The molecule has 7 nitrogen and oxygen atoms in total. The van der Waals surface area contributed by atoms with Crippen LogP contribution in [0.1, 0.15) is 37.8 Å². The van der Waals surface area contributed by atoms with E-state index < -0.39 is 21.8 Å². The van der Waals surface area contributed by atoms with E-state index in [0.717, 1.165) is 11.3 Å². The van der Waals surface area contributed by atoms with Gasteiger partial charge in [0.05, 0.1) is 10.8 Å². The van der Waals surface area contributed by atoms with Gasteiger partial charge in [-0.2, -0.15) is 4.31 Å². The zero-order valence-electron chi connectivity index (χ0n) is 19.0. The summed E-state index contributed by atoms with van der Waals surface area (Å²) in [6.07, 6.45) is 1.71. The first-order valence-electron chi connectivity index (χ1n) is 11.1. The van der Waals surface area contributed by atoms with E-state index in [4.69, 9.17) is 0 Å². The fraction of sp³-hybridized carbons (Fsp3) is 0.417. The Morgan fingerprint density at radius 2 is 1.91 bits per heavy atom. The highest BCUT2D eigenvalue weighted by molar-refractivity contribution is 7.89. The molecule has 2 atom stereocenters. The Labute approximate surface area is 193 Å². The number of carbonyl (C=O) groups excluding carboxylic acids is 2. The van der Waals surface area contributed by atoms with Crippen molar-refractivity contribution < 1.29 is 22.4 Å². The van der Waals surface area contributed by atoms with Gasteiger partial charge in [-0.25, -0.2) is 12.8 Å². The number of piperidine rings is 1. The monoisotopic (exact) mass is 473 g/mol. The van der Waals surface area contributed by atoms with Crippen molar-refractivity contribution in [2.45, 2.75) is 51.0 Å². The number of benzene rings is 2. The normalized spacial score (nSPS) is 21.0. The summed E-state index contributed by atoms with van der Waals surface area (Å²) in [4.78, 5) is 26.6. The predicted octanol–water partition coefficient (Wildman–Crippen LogP) is 3.47. The highest BCUT2D eigenvalue weighted by atomic mass is 32.2. The highest BCUT2D eigenvalue weighted by Gasteiger charge is 2.35. The van der Waals surface area contributed by atoms with Crippen LogP contribution in [-0.4, -0.2) is 43.7 Å². The molecule has 0 spiro atoms. The largest absolute Gasteiger partial charge is 0.326 e. The van der Waals surface area contributed by atoms with Gasteiger partial charge in [0.15, 0.2) is 0 Å². The maximum Gasteiger partial charge on any atom is 0.243 e. The number of sulfonamides is 1. The molecule has 0 saturated carbocycles. The molecule has 2 heterocycles. The number of nitrogens with one attached hydrogen (secondary N) is 1. The lowest BCUT2D eigenvalue weighted by molar-refractivity contribution is -0.121. The molecule has 2 aromatic rings. The fourth-order valence-corrected chi connectivity index (χ4v) is 6.26. The molecule has 1 fully saturated rings. The molecule has 2 aromatic carbocycles. The Balaban J connectivity index is 1.51. The van der Waals surface area contributed by atoms with E-state index in [-0.39, 0.29) is 29.3 Å². The van der Waals surface area contributed by atoms with Crippen molar-refractivity contribution in [1.29, 1.82) is 0 Å². The molecule has 0 radical (unpaired) electrons. The maximum atomic E-state index is 13.8. The summed E-state index contributed by atoms with van der Waals surface area (Å²) >= 11 is 0. The van der Waals surface area contributed by atoms with Crippen LogP contribution in [0.2, 0.25) is 0 Å². The van der Waals surface area contributed by atoms with E-state index in [1.165, 1.54) is 23.4 Å². The molecule has 1 N–H and O–H groups in total. The molecular weight excluding hydrogens is 445 g/mol. The van der Waals surface area contributed by atoms with Gasteiger partial charge in [-0.1, -0.05) is 6.07 Å². The smallest absolute Gasteiger partial charge is 0.243 e. The number of hydrogen-bond acceptors (Lipinski definition) is 4. The molecule has 0 aliphatic carbocycles. The number of hydrogen-bond donors (Lipinski definition) is 1. The third-order valence-corrected chi connectivity index (χ3v) is 8.30. The average Bonchev–Trinajstić information content (AvgIpc) is 3.11. The third kappa shape index (κ3) is 4.52. The van der Waals surface area contributed by atoms with E-state index >= 15 is 0 Å². The van der Waals surface area contributed by atoms with Crippen molar-refractivity contribution in [2.75, 3.05) is 23.3 Å². The first-order valence-corrected chi connectivity index (χ1v) is 12.5. The molecule has 0 bridgehead atoms. The van der Waals surface area contributed by atoms with Gasteiger partial charge < -0.3 is 10.2 Å². The molecular formula is C24H28FN3O4S. The van der Waals surface area contributed by atoms with Crippen LogP contribution in [0.25, 0.3) is 0 Å². The molecule has 176 valence electrons. The minimum Gasteiger partial charge on any atom is -0.326 e. The molecule has 4 rings (SSSR count). The van der Waals surface area contributed by atoms with Gasteiger partial charge in [0.1, 0.15) is 5.82 Å². The van der Waals surface area contributed by atoms with Crippen molar-refractivity contribution in [3.63, 3.8) is 0 Å². The van der Waals surface area contributed by atoms with Crippen LogP contribution in [-0.2, 0) is 26.0 Å². The standard InChI is InChI=1S/C24H28FN3O4S/c1-15-6-7-20(13-22(15)25)26-24(30)18-5-4-10-27(14-18)33(31,32)21-8-9-23-19(12-21)11-16(2)28(23)17(3)29/h6-9,12-13,16,18H,4-5,10-11,14H2,1-3H3,(H,26,30)/t16-,18+/m1/s1. The lowest BCUT2D eigenvalue weighted by Crippen LogP contribution is -2.43. The van der Waals surface area contributed by atoms with Gasteiger partial charge in [-0.3, -0.25) is 9.59 Å². The SMILES string of the molecule is CC(=O)N1c2ccc(S(=O)(=O)N3CCC[C@H](C(=O)Nc4ccc(C)c(F)c4)C3)cc2C[C@H]1C. The summed E-state index contributed by atoms with van der Waals surface area (Å²) < 4.78 is 41.9. The molecule has 2 amide bonds. The number of amides is 2. The number of anilines is 2. The molecule has 9 heteroatoms. The minimum absolute atomic E-state index is 0.0230. The summed E-state index contributed by atoms with van der Waals surface area (Å²) in [6, 6.07) is 9.32. The molecule has 2 aliphatic rings. The van der Waals surface area contributed by atoms with Crippen molar-refractivity contribution in [3.8, 4) is 0 Å². The number of rotatable bonds is 4. The number of aryl methyl sites for hydroxylation is 1. The van der Waals surface area contributed by atoms with Gasteiger partial charge in [0.25, 0.3) is 0 Å². The summed E-state index contributed by atoms with van der Waals surface area (Å²) in [6.45, 7) is 5.47. The van der Waals surface area contributed by atoms with Gasteiger partial charge >= 0.3 is 0 Å². The first kappa shape index (κ1) is 23.4. The quantitative estimate of drug-likeness (QED) is 0.737. The molecule has 33 heavy (non-hydrogen) atoms. The van der Waals surface area contributed by atoms with Gasteiger partial charge in [-0.05, 0) is 74.6 Å². The molecule has 2 aliphatic heterocycles. The zero-order valence-corrected chi connectivity index (χ0v) is 19.8. The zero-order chi connectivity index (χ0) is 23.9. The van der Waals surface area contributed by atoms with E-state index in [2.05, 4.69) is 5.32 Å². The third-order valence-electron chi connectivity index (χ3n) is 6.44. The van der Waals surface area contributed by atoms with Crippen LogP contribution < -0.4 is 10.2 Å². The van der Waals surface area contributed by atoms with Crippen LogP contribution in [0.4, 0.5) is 15.8 Å². The van der Waals surface area contributed by atoms with Crippen LogP contribution in [0.15, 0.2) is 41.3 Å². The van der Waals surface area contributed by atoms with Gasteiger partial charge in [0.2, 0.25) is 21.8 Å². The summed E-state index contributed by atoms with van der Waals surface area (Å²) in [5.74, 6) is -1.33. The molecule has 0 aromatic heterocycles. The number of fused-ring (bicyclic) bond motifs is 1. The van der Waals surface area contributed by atoms with Crippen LogP contribution in [0.5, 0.6) is 0 Å². The topological polar surface area (TPSA) is 86.8 Å². The van der Waals surface area contributed by atoms with E-state index in [0.29, 0.717) is 37.1 Å². The van der Waals surface area contributed by atoms with Crippen molar-refractivity contribution in [1.82, 2.24) is 4.31 Å². The predicted molar refractivity (Wildman–Crippen MR) is 124 cm³/mol. The maximum absolute atomic E-state index is 13.8. The van der Waals surface area contributed by atoms with Gasteiger partial charge in [0, 0.05) is 37.4 Å². The van der Waals surface area contributed by atoms with Gasteiger partial charge in [-0.15, -0.1) is 0 Å². The molecule has 1 saturated heterocycles. The Morgan fingerprint density at radius 1 is 1.15 bits per heavy atom. The van der Waals surface area contributed by atoms with E-state index in [9.17, 15) is 22.4 Å². The molecule has 0 unspecified atom stereocenters. The minimum atomic E-state index is -3.80. The summed E-state index contributed by atoms with van der Waals surface area (Å²) in [7, 11) is -3.80. The summed E-state index contributed by atoms with van der Waals surface area (Å²) in [5, 5.41) is 2.71. The lowest BCUT2D eigenvalue weighted by atomic mass is 9.98. The Kier molecular flexibility index (Phi) is 6.28. The lowest BCUT2D eigenvalue weighted by Gasteiger charge is -2.31. The Bertz CT molecular complexity index is 1210.